The summed E-state index contributed by atoms with van der Waals surface area (Å²) in [7, 11) is 1.46. The molecule has 0 heterocycles. The number of carbonyl (C=O) groups excluding carboxylic acids is 2. The van der Waals surface area contributed by atoms with Crippen molar-refractivity contribution in [2.75, 3.05) is 47.5 Å². The minimum atomic E-state index is -4.38. The molecule has 0 rings (SSSR count). The highest BCUT2D eigenvalue weighted by atomic mass is 31.2. The van der Waals surface area contributed by atoms with E-state index in [1.54, 1.807) is 0 Å². The number of allylic oxidation sites excluding steroid dienone is 8. The van der Waals surface area contributed by atoms with Crippen LogP contribution in [0.15, 0.2) is 48.6 Å². The van der Waals surface area contributed by atoms with Crippen LogP contribution in [-0.4, -0.2) is 74.9 Å². The Morgan fingerprint density at radius 3 is 1.49 bits per heavy atom. The highest BCUT2D eigenvalue weighted by molar-refractivity contribution is 7.47. The van der Waals surface area contributed by atoms with Gasteiger partial charge >= 0.3 is 19.8 Å². The molecule has 0 aromatic carbocycles. The normalized spacial score (nSPS) is 14.1. The van der Waals surface area contributed by atoms with E-state index in [9.17, 15) is 19.0 Å². The summed E-state index contributed by atoms with van der Waals surface area (Å²) in [5, 5.41) is 0. The van der Waals surface area contributed by atoms with Gasteiger partial charge in [0.15, 0.2) is 6.10 Å². The number of esters is 2. The average molecular weight is 797 g/mol. The van der Waals surface area contributed by atoms with Gasteiger partial charge in [-0.25, -0.2) is 4.57 Å². The van der Waals surface area contributed by atoms with E-state index in [4.69, 9.17) is 18.5 Å². The van der Waals surface area contributed by atoms with E-state index in [2.05, 4.69) is 62.5 Å². The number of nitrogens with zero attached hydrogens (tertiary/aromatic N) is 1. The second-order valence-electron chi connectivity index (χ2n) is 15.7. The summed E-state index contributed by atoms with van der Waals surface area (Å²) in [6, 6.07) is 0. The van der Waals surface area contributed by atoms with Crippen molar-refractivity contribution in [3.05, 3.63) is 48.6 Å². The van der Waals surface area contributed by atoms with E-state index in [-0.39, 0.29) is 26.1 Å². The van der Waals surface area contributed by atoms with Gasteiger partial charge in [0, 0.05) is 12.8 Å². The van der Waals surface area contributed by atoms with Crippen LogP contribution in [0.25, 0.3) is 0 Å². The second kappa shape index (κ2) is 37.5. The van der Waals surface area contributed by atoms with E-state index in [0.29, 0.717) is 23.9 Å². The molecule has 0 radical (unpaired) electrons. The molecular formula is C45H83NO8P+. The first-order valence-corrected chi connectivity index (χ1v) is 23.4. The number of phosphoric acid groups is 1. The third-order valence-electron chi connectivity index (χ3n) is 9.11. The molecule has 0 bridgehead atoms. The lowest BCUT2D eigenvalue weighted by molar-refractivity contribution is -0.870. The van der Waals surface area contributed by atoms with Crippen molar-refractivity contribution in [1.82, 2.24) is 0 Å². The fourth-order valence-corrected chi connectivity index (χ4v) is 6.38. The van der Waals surface area contributed by atoms with Gasteiger partial charge in [-0.1, -0.05) is 152 Å². The fourth-order valence-electron chi connectivity index (χ4n) is 5.64. The Kier molecular flexibility index (Phi) is 36.2. The lowest BCUT2D eigenvalue weighted by atomic mass is 10.0. The van der Waals surface area contributed by atoms with Crippen molar-refractivity contribution in [2.24, 2.45) is 0 Å². The number of likely N-dealkylation sites (N-methyl/N-ethyl adjacent to an activating group) is 1. The first-order chi connectivity index (χ1) is 26.5. The van der Waals surface area contributed by atoms with Gasteiger partial charge in [-0.15, -0.1) is 0 Å². The van der Waals surface area contributed by atoms with Gasteiger partial charge in [0.25, 0.3) is 0 Å². The van der Waals surface area contributed by atoms with Crippen molar-refractivity contribution >= 4 is 19.8 Å². The Hall–Kier alpha value is -2.03. The standard InChI is InChI=1S/C45H82NO8P/c1-6-8-10-12-14-16-18-20-21-22-23-24-25-26-28-29-31-33-35-37-44(47)51-41-43(42-53-55(49,50)52-40-39-46(3,4)5)54-45(48)38-36-34-32-30-27-19-17-15-13-11-9-7-2/h14,16,20-21,23-24,26,28,43H,6-13,15,17-19,22,25,27,29-42H2,1-5H3/p+1/b16-14-,21-20-,24-23-,28-26-/t43-/m1/s1. The van der Waals surface area contributed by atoms with Gasteiger partial charge in [0.05, 0.1) is 27.7 Å². The Bertz CT molecular complexity index is 1080. The maximum atomic E-state index is 12.7. The Morgan fingerprint density at radius 1 is 0.564 bits per heavy atom. The molecule has 0 fully saturated rings. The molecule has 9 nitrogen and oxygen atoms in total. The van der Waals surface area contributed by atoms with Crippen LogP contribution >= 0.6 is 7.82 Å². The van der Waals surface area contributed by atoms with E-state index in [1.807, 2.05) is 21.1 Å². The molecule has 55 heavy (non-hydrogen) atoms. The van der Waals surface area contributed by atoms with Crippen molar-refractivity contribution in [2.45, 2.75) is 180 Å². The molecule has 0 saturated heterocycles. The second-order valence-corrected chi connectivity index (χ2v) is 17.2. The predicted molar refractivity (Wildman–Crippen MR) is 229 cm³/mol. The molecule has 0 aliphatic heterocycles. The predicted octanol–water partition coefficient (Wildman–Crippen LogP) is 12.3. The number of quaternary nitrogens is 1. The number of rotatable bonds is 39. The average Bonchev–Trinajstić information content (AvgIpc) is 3.13. The van der Waals surface area contributed by atoms with Crippen LogP contribution < -0.4 is 0 Å². The van der Waals surface area contributed by atoms with Gasteiger partial charge in [-0.2, -0.15) is 0 Å². The summed E-state index contributed by atoms with van der Waals surface area (Å²) in [4.78, 5) is 35.3. The van der Waals surface area contributed by atoms with Crippen molar-refractivity contribution < 1.29 is 42.1 Å². The first kappa shape index (κ1) is 53.0. The summed E-state index contributed by atoms with van der Waals surface area (Å²) in [6.07, 6.45) is 43.0. The number of ether oxygens (including phenoxy) is 2. The third-order valence-corrected chi connectivity index (χ3v) is 10.1. The van der Waals surface area contributed by atoms with Crippen LogP contribution in [0.4, 0.5) is 0 Å². The highest BCUT2D eigenvalue weighted by Gasteiger charge is 2.27. The molecule has 320 valence electrons. The molecule has 1 N–H and O–H groups in total. The zero-order valence-electron chi connectivity index (χ0n) is 35.9. The SMILES string of the molecule is CCCCC/C=C\C/C=C\C/C=C\C/C=C\CCCCCC(=O)OC[C@H](COP(=O)(O)OCC[N+](C)(C)C)OC(=O)CCCCCCCCCCCCCC. The molecule has 0 aromatic heterocycles. The first-order valence-electron chi connectivity index (χ1n) is 21.9. The van der Waals surface area contributed by atoms with Gasteiger partial charge in [0.1, 0.15) is 19.8 Å². The Balaban J connectivity index is 4.41. The zero-order valence-corrected chi connectivity index (χ0v) is 36.8. The van der Waals surface area contributed by atoms with E-state index in [0.717, 1.165) is 51.4 Å². The van der Waals surface area contributed by atoms with Gasteiger partial charge in [-0.3, -0.25) is 18.6 Å². The molecule has 0 aliphatic rings. The van der Waals surface area contributed by atoms with Crippen LogP contribution in [-0.2, 0) is 32.7 Å². The van der Waals surface area contributed by atoms with Crippen molar-refractivity contribution in [3.63, 3.8) is 0 Å². The molecule has 0 aromatic rings. The summed E-state index contributed by atoms with van der Waals surface area (Å²) >= 11 is 0. The fraction of sp³-hybridized carbons (Fsp3) is 0.778. The smallest absolute Gasteiger partial charge is 0.462 e. The van der Waals surface area contributed by atoms with Crippen LogP contribution in [0.2, 0.25) is 0 Å². The molecular weight excluding hydrogens is 713 g/mol. The van der Waals surface area contributed by atoms with Crippen molar-refractivity contribution in [3.8, 4) is 0 Å². The van der Waals surface area contributed by atoms with Crippen molar-refractivity contribution in [1.29, 1.82) is 0 Å². The number of hydrogen-bond acceptors (Lipinski definition) is 7. The van der Waals surface area contributed by atoms with Gasteiger partial charge in [0.2, 0.25) is 0 Å². The number of unbranched alkanes of at least 4 members (excludes halogenated alkanes) is 17. The summed E-state index contributed by atoms with van der Waals surface area (Å²) < 4.78 is 34.2. The maximum Gasteiger partial charge on any atom is 0.472 e. The van der Waals surface area contributed by atoms with Crippen LogP contribution in [0, 0.1) is 0 Å². The summed E-state index contributed by atoms with van der Waals surface area (Å²) in [6.45, 7) is 4.35. The van der Waals surface area contributed by atoms with Gasteiger partial charge in [-0.05, 0) is 57.8 Å². The lowest BCUT2D eigenvalue weighted by Crippen LogP contribution is -2.37. The molecule has 10 heteroatoms. The molecule has 1 unspecified atom stereocenters. The van der Waals surface area contributed by atoms with Crippen LogP contribution in [0.1, 0.15) is 174 Å². The highest BCUT2D eigenvalue weighted by Crippen LogP contribution is 2.43. The molecule has 0 aliphatic carbocycles. The van der Waals surface area contributed by atoms with Gasteiger partial charge < -0.3 is 18.9 Å². The third kappa shape index (κ3) is 41.4. The molecule has 0 amide bonds. The molecule has 0 spiro atoms. The monoisotopic (exact) mass is 797 g/mol. The number of hydrogen-bond donors (Lipinski definition) is 1. The molecule has 0 saturated carbocycles. The largest absolute Gasteiger partial charge is 0.472 e. The minimum absolute atomic E-state index is 0.0259. The minimum Gasteiger partial charge on any atom is -0.462 e. The van der Waals surface area contributed by atoms with Crippen LogP contribution in [0.5, 0.6) is 0 Å². The Labute approximate surface area is 337 Å². The number of carbonyl (C=O) groups is 2. The lowest BCUT2D eigenvalue weighted by Gasteiger charge is -2.24. The quantitative estimate of drug-likeness (QED) is 0.0215. The van der Waals surface area contributed by atoms with E-state index >= 15 is 0 Å². The summed E-state index contributed by atoms with van der Waals surface area (Å²) in [5.41, 5.74) is 0. The van der Waals surface area contributed by atoms with Crippen LogP contribution in [0.3, 0.4) is 0 Å². The maximum absolute atomic E-state index is 12.7. The molecule has 2 atom stereocenters. The zero-order chi connectivity index (χ0) is 40.7. The van der Waals surface area contributed by atoms with E-state index in [1.165, 1.54) is 83.5 Å². The number of phosphoric ester groups is 1. The Morgan fingerprint density at radius 2 is 0.982 bits per heavy atom. The topological polar surface area (TPSA) is 108 Å². The van der Waals surface area contributed by atoms with E-state index < -0.39 is 32.5 Å². The summed E-state index contributed by atoms with van der Waals surface area (Å²) in [5.74, 6) is -0.835.